The lowest BCUT2D eigenvalue weighted by atomic mass is 9.92. The van der Waals surface area contributed by atoms with E-state index in [1.54, 1.807) is 6.20 Å². The first-order valence-corrected chi connectivity index (χ1v) is 12.5. The van der Waals surface area contributed by atoms with Crippen LogP contribution in [0.5, 0.6) is 0 Å². The first kappa shape index (κ1) is 25.7. The van der Waals surface area contributed by atoms with Crippen LogP contribution in [0.3, 0.4) is 0 Å². The largest absolute Gasteiger partial charge is 0.416 e. The van der Waals surface area contributed by atoms with E-state index in [4.69, 9.17) is 4.74 Å². The topological polar surface area (TPSA) is 78.6 Å². The van der Waals surface area contributed by atoms with E-state index in [0.717, 1.165) is 24.5 Å². The second-order valence-electron chi connectivity index (χ2n) is 9.86. The smallest absolute Gasteiger partial charge is 0.373 e. The third-order valence-corrected chi connectivity index (χ3v) is 7.08. The summed E-state index contributed by atoms with van der Waals surface area (Å²) in [7, 11) is 0. The molecular weight excluding hydrogens is 526 g/mol. The van der Waals surface area contributed by atoms with Gasteiger partial charge in [-0.2, -0.15) is 18.3 Å². The minimum Gasteiger partial charge on any atom is -0.373 e. The number of halogens is 6. The summed E-state index contributed by atoms with van der Waals surface area (Å²) >= 11 is 0. The van der Waals surface area contributed by atoms with Crippen LogP contribution in [0.1, 0.15) is 78.5 Å². The molecule has 0 radical (unpaired) electrons. The summed E-state index contributed by atoms with van der Waals surface area (Å²) < 4.78 is 89.7. The molecule has 39 heavy (non-hydrogen) atoms. The minimum atomic E-state index is -4.76. The number of fused-ring (bicyclic) bond motifs is 1. The standard InChI is InChI=1S/C26H22F6N6O/c1-12-20(23(28)29)35-22-21(17-5-2-15(9-18(17)27)26(30,31)32)36-24(37-25(22)34-12)13-6-7-39-19(8-13)14-10-33-38(11-14)16-3-4-16/h2,5,9-11,13,16,19,23H,3-4,6-8H2,1H3/t13-,19+/m1/s1. The summed E-state index contributed by atoms with van der Waals surface area (Å²) in [5.41, 5.74) is -1.74. The number of benzene rings is 1. The molecule has 0 bridgehead atoms. The summed E-state index contributed by atoms with van der Waals surface area (Å²) in [5.74, 6) is -1.22. The van der Waals surface area contributed by atoms with Crippen molar-refractivity contribution in [3.8, 4) is 11.3 Å². The van der Waals surface area contributed by atoms with Gasteiger partial charge >= 0.3 is 6.18 Å². The Kier molecular flexibility index (Phi) is 6.28. The zero-order chi connectivity index (χ0) is 27.5. The Bertz CT molecular complexity index is 1550. The van der Waals surface area contributed by atoms with Crippen LogP contribution in [-0.4, -0.2) is 36.3 Å². The molecular formula is C26H22F6N6O. The van der Waals surface area contributed by atoms with Gasteiger partial charge in [0.25, 0.3) is 6.43 Å². The molecule has 0 spiro atoms. The Morgan fingerprint density at radius 1 is 1.05 bits per heavy atom. The number of hydrogen-bond acceptors (Lipinski definition) is 6. The molecule has 1 aliphatic heterocycles. The van der Waals surface area contributed by atoms with E-state index in [0.29, 0.717) is 37.6 Å². The van der Waals surface area contributed by atoms with Gasteiger partial charge in [-0.3, -0.25) is 4.68 Å². The Morgan fingerprint density at radius 2 is 1.85 bits per heavy atom. The van der Waals surface area contributed by atoms with Crippen LogP contribution in [0.4, 0.5) is 26.3 Å². The molecule has 0 N–H and O–H groups in total. The number of nitrogens with zero attached hydrogens (tertiary/aromatic N) is 6. The predicted molar refractivity (Wildman–Crippen MR) is 126 cm³/mol. The summed E-state index contributed by atoms with van der Waals surface area (Å²) in [5, 5.41) is 4.42. The lowest BCUT2D eigenvalue weighted by molar-refractivity contribution is -0.137. The van der Waals surface area contributed by atoms with E-state index < -0.39 is 29.7 Å². The second kappa shape index (κ2) is 9.54. The van der Waals surface area contributed by atoms with E-state index in [2.05, 4.69) is 25.0 Å². The van der Waals surface area contributed by atoms with Gasteiger partial charge in [0.2, 0.25) is 0 Å². The van der Waals surface area contributed by atoms with Gasteiger partial charge in [0.05, 0.1) is 29.6 Å². The van der Waals surface area contributed by atoms with Gasteiger partial charge in [0.1, 0.15) is 28.5 Å². The fourth-order valence-electron chi connectivity index (χ4n) is 4.84. The number of rotatable bonds is 5. The van der Waals surface area contributed by atoms with E-state index >= 15 is 4.39 Å². The van der Waals surface area contributed by atoms with Crippen LogP contribution in [0.25, 0.3) is 22.4 Å². The van der Waals surface area contributed by atoms with Crippen molar-refractivity contribution in [2.75, 3.05) is 6.61 Å². The molecule has 13 heteroatoms. The van der Waals surface area contributed by atoms with Gasteiger partial charge in [-0.1, -0.05) is 0 Å². The number of aryl methyl sites for hydroxylation is 1. The highest BCUT2D eigenvalue weighted by atomic mass is 19.4. The van der Waals surface area contributed by atoms with Crippen LogP contribution in [0.2, 0.25) is 0 Å². The molecule has 2 aliphatic rings. The van der Waals surface area contributed by atoms with Crippen LogP contribution in [0.15, 0.2) is 30.6 Å². The monoisotopic (exact) mass is 548 g/mol. The van der Waals surface area contributed by atoms with Crippen molar-refractivity contribution < 1.29 is 31.1 Å². The van der Waals surface area contributed by atoms with E-state index in [9.17, 15) is 22.0 Å². The molecule has 0 unspecified atom stereocenters. The summed E-state index contributed by atoms with van der Waals surface area (Å²) in [6, 6.07) is 2.39. The van der Waals surface area contributed by atoms with Crippen molar-refractivity contribution in [2.24, 2.45) is 0 Å². The lowest BCUT2D eigenvalue weighted by Gasteiger charge is -2.28. The average Bonchev–Trinajstić information content (AvgIpc) is 3.63. The van der Waals surface area contributed by atoms with Gasteiger partial charge in [-0.15, -0.1) is 0 Å². The number of alkyl halides is 5. The maximum atomic E-state index is 15.1. The van der Waals surface area contributed by atoms with Gasteiger partial charge in [0.15, 0.2) is 5.65 Å². The van der Waals surface area contributed by atoms with Crippen LogP contribution >= 0.6 is 0 Å². The fourth-order valence-corrected chi connectivity index (χ4v) is 4.84. The van der Waals surface area contributed by atoms with Crippen molar-refractivity contribution in [1.82, 2.24) is 29.7 Å². The van der Waals surface area contributed by atoms with Gasteiger partial charge < -0.3 is 4.74 Å². The van der Waals surface area contributed by atoms with Gasteiger partial charge in [-0.25, -0.2) is 33.1 Å². The maximum absolute atomic E-state index is 15.1. The maximum Gasteiger partial charge on any atom is 0.416 e. The number of hydrogen-bond donors (Lipinski definition) is 0. The first-order valence-electron chi connectivity index (χ1n) is 12.5. The molecule has 1 aromatic carbocycles. The highest BCUT2D eigenvalue weighted by Gasteiger charge is 2.33. The Morgan fingerprint density at radius 3 is 2.54 bits per heavy atom. The summed E-state index contributed by atoms with van der Waals surface area (Å²) in [4.78, 5) is 17.2. The fraction of sp³-hybridized carbons (Fsp3) is 0.423. The number of ether oxygens (including phenoxy) is 1. The van der Waals surface area contributed by atoms with Crippen LogP contribution < -0.4 is 0 Å². The first-order chi connectivity index (χ1) is 18.6. The molecule has 1 aliphatic carbocycles. The third kappa shape index (κ3) is 4.95. The van der Waals surface area contributed by atoms with Crippen molar-refractivity contribution in [3.63, 3.8) is 0 Å². The Labute approximate surface area is 218 Å². The van der Waals surface area contributed by atoms with Crippen molar-refractivity contribution in [3.05, 3.63) is 64.7 Å². The third-order valence-electron chi connectivity index (χ3n) is 7.08. The van der Waals surface area contributed by atoms with Gasteiger partial charge in [0, 0.05) is 29.8 Å². The highest BCUT2D eigenvalue weighted by molar-refractivity contribution is 5.87. The molecule has 2 fully saturated rings. The minimum absolute atomic E-state index is 0.0409. The van der Waals surface area contributed by atoms with Crippen LogP contribution in [-0.2, 0) is 10.9 Å². The molecule has 2 atom stereocenters. The van der Waals surface area contributed by atoms with Crippen molar-refractivity contribution in [2.45, 2.75) is 63.3 Å². The zero-order valence-corrected chi connectivity index (χ0v) is 20.6. The quantitative estimate of drug-likeness (QED) is 0.260. The molecule has 1 saturated carbocycles. The highest BCUT2D eigenvalue weighted by Crippen LogP contribution is 2.40. The Balaban J connectivity index is 1.44. The molecule has 4 aromatic rings. The molecule has 7 nitrogen and oxygen atoms in total. The summed E-state index contributed by atoms with van der Waals surface area (Å²) in [6.07, 6.45) is -1.16. The van der Waals surface area contributed by atoms with E-state index in [1.807, 2.05) is 10.9 Å². The molecule has 0 amide bonds. The molecule has 4 heterocycles. The van der Waals surface area contributed by atoms with E-state index in [-0.39, 0.29) is 46.0 Å². The Hall–Kier alpha value is -3.61. The van der Waals surface area contributed by atoms with Crippen molar-refractivity contribution in [1.29, 1.82) is 0 Å². The van der Waals surface area contributed by atoms with Gasteiger partial charge in [-0.05, 0) is 50.8 Å². The molecule has 3 aromatic heterocycles. The normalized spacial score (nSPS) is 20.2. The summed E-state index contributed by atoms with van der Waals surface area (Å²) in [6.45, 7) is 1.74. The zero-order valence-electron chi connectivity index (χ0n) is 20.6. The number of aromatic nitrogens is 6. The van der Waals surface area contributed by atoms with Crippen LogP contribution in [0, 0.1) is 12.7 Å². The molecule has 1 saturated heterocycles. The molecule has 6 rings (SSSR count). The van der Waals surface area contributed by atoms with E-state index in [1.165, 1.54) is 6.92 Å². The SMILES string of the molecule is Cc1nc2nc([C@@H]3CCO[C@H](c4cnn(C5CC5)c4)C3)nc(-c3ccc(C(F)(F)F)cc3F)c2nc1C(F)F. The second-order valence-corrected chi connectivity index (χ2v) is 9.86. The average molecular weight is 548 g/mol. The lowest BCUT2D eigenvalue weighted by Crippen LogP contribution is -2.20. The molecule has 204 valence electrons. The van der Waals surface area contributed by atoms with Crippen molar-refractivity contribution >= 4 is 11.2 Å². The predicted octanol–water partition coefficient (Wildman–Crippen LogP) is 6.66.